The molecule has 0 bridgehead atoms. The Morgan fingerprint density at radius 1 is 1.32 bits per heavy atom. The zero-order valence-electron chi connectivity index (χ0n) is 10.2. The fourth-order valence-corrected chi connectivity index (χ4v) is 2.01. The molecule has 0 saturated heterocycles. The Balaban J connectivity index is 1.88. The molecule has 96 valence electrons. The summed E-state index contributed by atoms with van der Waals surface area (Å²) in [4.78, 5) is 8.49. The Labute approximate surface area is 114 Å². The first-order valence-electron chi connectivity index (χ1n) is 5.79. The van der Waals surface area contributed by atoms with Crippen molar-refractivity contribution >= 4 is 11.6 Å². The van der Waals surface area contributed by atoms with E-state index in [1.165, 1.54) is 0 Å². The number of aryl methyl sites for hydroxylation is 1. The lowest BCUT2D eigenvalue weighted by Gasteiger charge is -1.99. The predicted octanol–water partition coefficient (Wildman–Crippen LogP) is 2.94. The van der Waals surface area contributed by atoms with Crippen molar-refractivity contribution in [3.05, 3.63) is 53.4 Å². The molecule has 0 amide bonds. The molecule has 5 nitrogen and oxygen atoms in total. The first-order chi connectivity index (χ1) is 9.24. The number of hydrogen-bond acceptors (Lipinski definition) is 4. The van der Waals surface area contributed by atoms with Gasteiger partial charge in [-0.3, -0.25) is 0 Å². The molecule has 19 heavy (non-hydrogen) atoms. The Kier molecular flexibility index (Phi) is 3.05. The van der Waals surface area contributed by atoms with Crippen molar-refractivity contribution in [3.8, 4) is 11.4 Å². The summed E-state index contributed by atoms with van der Waals surface area (Å²) in [6, 6.07) is 7.41. The van der Waals surface area contributed by atoms with Gasteiger partial charge in [-0.05, 0) is 19.1 Å². The van der Waals surface area contributed by atoms with Crippen LogP contribution in [-0.2, 0) is 6.54 Å². The third kappa shape index (κ3) is 2.37. The molecule has 6 heteroatoms. The molecule has 3 rings (SSSR count). The van der Waals surface area contributed by atoms with E-state index in [1.54, 1.807) is 12.3 Å². The molecule has 0 radical (unpaired) electrons. The highest BCUT2D eigenvalue weighted by Gasteiger charge is 2.12. The molecular weight excluding hydrogens is 264 g/mol. The normalized spacial score (nSPS) is 10.8. The number of rotatable bonds is 3. The maximum absolute atomic E-state index is 6.10. The quantitative estimate of drug-likeness (QED) is 0.737. The van der Waals surface area contributed by atoms with Crippen LogP contribution >= 0.6 is 11.6 Å². The van der Waals surface area contributed by atoms with E-state index in [-0.39, 0.29) is 0 Å². The van der Waals surface area contributed by atoms with Gasteiger partial charge in [0, 0.05) is 18.0 Å². The summed E-state index contributed by atoms with van der Waals surface area (Å²) in [6.45, 7) is 2.43. The molecule has 0 saturated carbocycles. The van der Waals surface area contributed by atoms with E-state index in [4.69, 9.17) is 16.1 Å². The zero-order chi connectivity index (χ0) is 13.2. The first kappa shape index (κ1) is 11.9. The Morgan fingerprint density at radius 3 is 2.89 bits per heavy atom. The van der Waals surface area contributed by atoms with Gasteiger partial charge in [0.1, 0.15) is 12.4 Å². The van der Waals surface area contributed by atoms with E-state index in [1.807, 2.05) is 35.9 Å². The van der Waals surface area contributed by atoms with Gasteiger partial charge in [0.2, 0.25) is 11.7 Å². The lowest BCUT2D eigenvalue weighted by atomic mass is 10.2. The van der Waals surface area contributed by atoms with Gasteiger partial charge in [0.25, 0.3) is 0 Å². The second-order valence-electron chi connectivity index (χ2n) is 4.09. The van der Waals surface area contributed by atoms with Crippen molar-refractivity contribution < 1.29 is 4.52 Å². The van der Waals surface area contributed by atoms with Crippen LogP contribution in [0, 0.1) is 6.92 Å². The molecule has 3 aromatic rings. The van der Waals surface area contributed by atoms with Gasteiger partial charge in [-0.15, -0.1) is 0 Å². The van der Waals surface area contributed by atoms with Gasteiger partial charge in [-0.1, -0.05) is 28.9 Å². The number of imidazole rings is 1. The maximum Gasteiger partial charge on any atom is 0.246 e. The highest BCUT2D eigenvalue weighted by Crippen LogP contribution is 2.24. The average Bonchev–Trinajstić information content (AvgIpc) is 3.01. The van der Waals surface area contributed by atoms with E-state index in [0.29, 0.717) is 23.3 Å². The number of aromatic nitrogens is 4. The third-order valence-corrected chi connectivity index (χ3v) is 3.14. The van der Waals surface area contributed by atoms with Gasteiger partial charge in [0.15, 0.2) is 0 Å². The van der Waals surface area contributed by atoms with E-state index >= 15 is 0 Å². The fourth-order valence-electron chi connectivity index (χ4n) is 1.79. The number of hydrogen-bond donors (Lipinski definition) is 0. The van der Waals surface area contributed by atoms with E-state index in [0.717, 1.165) is 11.4 Å². The van der Waals surface area contributed by atoms with Crippen LogP contribution < -0.4 is 0 Å². The average molecular weight is 275 g/mol. The van der Waals surface area contributed by atoms with Crippen molar-refractivity contribution in [2.75, 3.05) is 0 Å². The Bertz CT molecular complexity index is 704. The molecule has 0 aliphatic heterocycles. The minimum atomic E-state index is 0.498. The molecular formula is C13H11ClN4O. The molecule has 1 aromatic carbocycles. The van der Waals surface area contributed by atoms with E-state index < -0.39 is 0 Å². The molecule has 2 aromatic heterocycles. The van der Waals surface area contributed by atoms with Crippen LogP contribution in [0.1, 0.15) is 11.7 Å². The summed E-state index contributed by atoms with van der Waals surface area (Å²) in [5.74, 6) is 1.92. The first-order valence-corrected chi connectivity index (χ1v) is 6.17. The van der Waals surface area contributed by atoms with Crippen LogP contribution in [0.4, 0.5) is 0 Å². The molecule has 0 atom stereocenters. The van der Waals surface area contributed by atoms with E-state index in [9.17, 15) is 0 Å². The molecule has 0 aliphatic carbocycles. The number of nitrogens with zero attached hydrogens (tertiary/aromatic N) is 4. The van der Waals surface area contributed by atoms with Gasteiger partial charge < -0.3 is 9.09 Å². The van der Waals surface area contributed by atoms with Crippen LogP contribution in [0.25, 0.3) is 11.4 Å². The van der Waals surface area contributed by atoms with Gasteiger partial charge in [-0.2, -0.15) is 4.98 Å². The van der Waals surface area contributed by atoms with Gasteiger partial charge >= 0.3 is 0 Å². The maximum atomic E-state index is 6.10. The molecule has 0 spiro atoms. The topological polar surface area (TPSA) is 56.7 Å². The SMILES string of the molecule is Cc1nccn1Cc1nc(-c2ccccc2Cl)no1. The molecule has 2 heterocycles. The summed E-state index contributed by atoms with van der Waals surface area (Å²) in [6.07, 6.45) is 3.61. The molecule has 0 fully saturated rings. The zero-order valence-corrected chi connectivity index (χ0v) is 11.0. The minimum Gasteiger partial charge on any atom is -0.337 e. The van der Waals surface area contributed by atoms with Crippen molar-refractivity contribution in [3.63, 3.8) is 0 Å². The lowest BCUT2D eigenvalue weighted by Crippen LogP contribution is -2.00. The number of halogens is 1. The van der Waals surface area contributed by atoms with Crippen LogP contribution in [0.2, 0.25) is 5.02 Å². The standard InChI is InChI=1S/C13H11ClN4O/c1-9-15-6-7-18(9)8-12-16-13(17-19-12)10-4-2-3-5-11(10)14/h2-7H,8H2,1H3. The highest BCUT2D eigenvalue weighted by atomic mass is 35.5. The second-order valence-corrected chi connectivity index (χ2v) is 4.50. The smallest absolute Gasteiger partial charge is 0.246 e. The third-order valence-electron chi connectivity index (χ3n) is 2.81. The van der Waals surface area contributed by atoms with Crippen molar-refractivity contribution in [1.29, 1.82) is 0 Å². The highest BCUT2D eigenvalue weighted by molar-refractivity contribution is 6.33. The van der Waals surface area contributed by atoms with Crippen molar-refractivity contribution in [1.82, 2.24) is 19.7 Å². The molecule has 0 unspecified atom stereocenters. The summed E-state index contributed by atoms with van der Waals surface area (Å²) in [5.41, 5.74) is 0.765. The Morgan fingerprint density at radius 2 is 2.16 bits per heavy atom. The van der Waals surface area contributed by atoms with Crippen LogP contribution in [0.5, 0.6) is 0 Å². The van der Waals surface area contributed by atoms with Crippen molar-refractivity contribution in [2.24, 2.45) is 0 Å². The van der Waals surface area contributed by atoms with Gasteiger partial charge in [-0.25, -0.2) is 4.98 Å². The predicted molar refractivity (Wildman–Crippen MR) is 70.8 cm³/mol. The molecule has 0 aliphatic rings. The van der Waals surface area contributed by atoms with Crippen LogP contribution in [-0.4, -0.2) is 19.7 Å². The summed E-state index contributed by atoms with van der Waals surface area (Å²) in [5, 5.41) is 4.56. The van der Waals surface area contributed by atoms with Crippen LogP contribution in [0.15, 0.2) is 41.2 Å². The van der Waals surface area contributed by atoms with Crippen LogP contribution in [0.3, 0.4) is 0 Å². The summed E-state index contributed by atoms with van der Waals surface area (Å²) >= 11 is 6.10. The Hall–Kier alpha value is -2.14. The summed E-state index contributed by atoms with van der Waals surface area (Å²) < 4.78 is 7.17. The largest absolute Gasteiger partial charge is 0.337 e. The van der Waals surface area contributed by atoms with Gasteiger partial charge in [0.05, 0.1) is 5.02 Å². The lowest BCUT2D eigenvalue weighted by molar-refractivity contribution is 0.370. The fraction of sp³-hybridized carbons (Fsp3) is 0.154. The van der Waals surface area contributed by atoms with Crippen molar-refractivity contribution in [2.45, 2.75) is 13.5 Å². The monoisotopic (exact) mass is 274 g/mol. The second kappa shape index (κ2) is 4.85. The summed E-state index contributed by atoms with van der Waals surface area (Å²) in [7, 11) is 0. The van der Waals surface area contributed by atoms with E-state index in [2.05, 4.69) is 15.1 Å². The molecule has 0 N–H and O–H groups in total. The minimum absolute atomic E-state index is 0.498. The number of benzene rings is 1.